The summed E-state index contributed by atoms with van der Waals surface area (Å²) in [5.41, 5.74) is 0.504. The number of hydrogen-bond donors (Lipinski definition) is 1. The van der Waals surface area contributed by atoms with Gasteiger partial charge in [0.05, 0.1) is 12.5 Å². The Morgan fingerprint density at radius 3 is 2.61 bits per heavy atom. The first kappa shape index (κ1) is 13.0. The van der Waals surface area contributed by atoms with Crippen LogP contribution < -0.4 is 5.32 Å². The van der Waals surface area contributed by atoms with Crippen molar-refractivity contribution in [2.75, 3.05) is 19.6 Å². The number of hydrogen-bond acceptors (Lipinski definition) is 2. The number of benzene rings is 1. The zero-order chi connectivity index (χ0) is 13.1. The van der Waals surface area contributed by atoms with Crippen molar-refractivity contribution in [2.24, 2.45) is 0 Å². The normalized spacial score (nSPS) is 15.3. The van der Waals surface area contributed by atoms with E-state index in [2.05, 4.69) is 5.32 Å². The zero-order valence-electron chi connectivity index (χ0n) is 10.2. The highest BCUT2D eigenvalue weighted by Gasteiger charge is 2.27. The Hall–Kier alpha value is -1.49. The van der Waals surface area contributed by atoms with E-state index in [1.54, 1.807) is 4.90 Å². The molecule has 0 unspecified atom stereocenters. The van der Waals surface area contributed by atoms with Gasteiger partial charge in [-0.05, 0) is 24.6 Å². The molecule has 0 bridgehead atoms. The lowest BCUT2D eigenvalue weighted by Gasteiger charge is -2.37. The molecule has 1 aliphatic rings. The quantitative estimate of drug-likeness (QED) is 0.879. The van der Waals surface area contributed by atoms with Crippen LogP contribution in [0.5, 0.6) is 0 Å². The number of nitrogens with zero attached hydrogens (tertiary/aromatic N) is 1. The monoisotopic (exact) mass is 254 g/mol. The van der Waals surface area contributed by atoms with Crippen LogP contribution in [0.25, 0.3) is 0 Å². The van der Waals surface area contributed by atoms with Gasteiger partial charge in [-0.2, -0.15) is 0 Å². The van der Waals surface area contributed by atoms with Crippen LogP contribution in [0, 0.1) is 11.6 Å². The van der Waals surface area contributed by atoms with E-state index in [0.717, 1.165) is 25.2 Å². The van der Waals surface area contributed by atoms with E-state index >= 15 is 0 Å². The van der Waals surface area contributed by atoms with Crippen LogP contribution in [0.2, 0.25) is 0 Å². The summed E-state index contributed by atoms with van der Waals surface area (Å²) < 4.78 is 25.8. The standard InChI is InChI=1S/C13H16F2N2O/c1-2-17(10-7-16-8-10)13(18)6-9-3-4-11(14)12(15)5-9/h3-5,10,16H,2,6-8H2,1H3. The largest absolute Gasteiger partial charge is 0.337 e. The summed E-state index contributed by atoms with van der Waals surface area (Å²) in [6.07, 6.45) is 0.113. The van der Waals surface area contributed by atoms with Gasteiger partial charge in [-0.15, -0.1) is 0 Å². The van der Waals surface area contributed by atoms with Crippen LogP contribution in [0.15, 0.2) is 18.2 Å². The third-order valence-electron chi connectivity index (χ3n) is 3.20. The van der Waals surface area contributed by atoms with Crippen LogP contribution in [0.4, 0.5) is 8.78 Å². The van der Waals surface area contributed by atoms with Crippen LogP contribution in [-0.4, -0.2) is 36.5 Å². The number of rotatable bonds is 4. The van der Waals surface area contributed by atoms with Crippen LogP contribution in [-0.2, 0) is 11.2 Å². The van der Waals surface area contributed by atoms with Crippen molar-refractivity contribution in [3.05, 3.63) is 35.4 Å². The van der Waals surface area contributed by atoms with Gasteiger partial charge in [0, 0.05) is 19.6 Å². The molecule has 1 aliphatic heterocycles. The molecule has 0 radical (unpaired) electrons. The molecule has 0 aromatic heterocycles. The van der Waals surface area contributed by atoms with E-state index in [4.69, 9.17) is 0 Å². The molecule has 1 aromatic carbocycles. The van der Waals surface area contributed by atoms with Crippen molar-refractivity contribution in [1.29, 1.82) is 0 Å². The topological polar surface area (TPSA) is 32.3 Å². The number of halogens is 2. The summed E-state index contributed by atoms with van der Waals surface area (Å²) in [5, 5.41) is 3.11. The summed E-state index contributed by atoms with van der Waals surface area (Å²) >= 11 is 0. The predicted octanol–water partition coefficient (Wildman–Crippen LogP) is 1.33. The number of nitrogens with one attached hydrogen (secondary N) is 1. The fraction of sp³-hybridized carbons (Fsp3) is 0.462. The van der Waals surface area contributed by atoms with E-state index in [1.807, 2.05) is 6.92 Å². The highest BCUT2D eigenvalue weighted by atomic mass is 19.2. The Morgan fingerprint density at radius 2 is 2.11 bits per heavy atom. The Labute approximate surface area is 105 Å². The molecule has 3 nitrogen and oxygen atoms in total. The summed E-state index contributed by atoms with van der Waals surface area (Å²) in [4.78, 5) is 13.8. The minimum absolute atomic E-state index is 0.0463. The number of carbonyl (C=O) groups is 1. The molecule has 0 saturated carbocycles. The zero-order valence-corrected chi connectivity index (χ0v) is 10.2. The highest BCUT2D eigenvalue weighted by Crippen LogP contribution is 2.12. The van der Waals surface area contributed by atoms with Crippen molar-refractivity contribution >= 4 is 5.91 Å². The molecule has 5 heteroatoms. The lowest BCUT2D eigenvalue weighted by Crippen LogP contribution is -2.59. The third-order valence-corrected chi connectivity index (χ3v) is 3.20. The average Bonchev–Trinajstić information content (AvgIpc) is 2.28. The Kier molecular flexibility index (Phi) is 3.91. The molecule has 2 rings (SSSR count). The molecule has 1 fully saturated rings. The number of carbonyl (C=O) groups excluding carboxylic acids is 1. The van der Waals surface area contributed by atoms with Gasteiger partial charge in [0.2, 0.25) is 5.91 Å². The average molecular weight is 254 g/mol. The molecule has 0 spiro atoms. The molecule has 0 aliphatic carbocycles. The maximum atomic E-state index is 13.0. The van der Waals surface area contributed by atoms with Gasteiger partial charge in [-0.3, -0.25) is 4.79 Å². The fourth-order valence-corrected chi connectivity index (χ4v) is 2.06. The van der Waals surface area contributed by atoms with Gasteiger partial charge < -0.3 is 10.2 Å². The smallest absolute Gasteiger partial charge is 0.227 e. The second-order valence-electron chi connectivity index (χ2n) is 4.42. The molecule has 1 amide bonds. The van der Waals surface area contributed by atoms with Crippen molar-refractivity contribution in [1.82, 2.24) is 10.2 Å². The van der Waals surface area contributed by atoms with E-state index in [0.29, 0.717) is 12.1 Å². The van der Waals surface area contributed by atoms with Gasteiger partial charge in [0.25, 0.3) is 0 Å². The summed E-state index contributed by atoms with van der Waals surface area (Å²) in [6.45, 7) is 4.16. The SMILES string of the molecule is CCN(C(=O)Cc1ccc(F)c(F)c1)C1CNC1. The van der Waals surface area contributed by atoms with Crippen molar-refractivity contribution in [2.45, 2.75) is 19.4 Å². The lowest BCUT2D eigenvalue weighted by molar-refractivity contribution is -0.133. The molecule has 98 valence electrons. The first-order chi connectivity index (χ1) is 8.61. The molecule has 0 atom stereocenters. The van der Waals surface area contributed by atoms with E-state index < -0.39 is 11.6 Å². The molecular formula is C13H16F2N2O. The molecule has 1 aromatic rings. The molecule has 1 saturated heterocycles. The maximum absolute atomic E-state index is 13.0. The summed E-state index contributed by atoms with van der Waals surface area (Å²) in [6, 6.07) is 3.82. The van der Waals surface area contributed by atoms with E-state index in [9.17, 15) is 13.6 Å². The van der Waals surface area contributed by atoms with Crippen molar-refractivity contribution in [3.63, 3.8) is 0 Å². The second-order valence-corrected chi connectivity index (χ2v) is 4.42. The predicted molar refractivity (Wildman–Crippen MR) is 64.1 cm³/mol. The van der Waals surface area contributed by atoms with Crippen LogP contribution >= 0.6 is 0 Å². The van der Waals surface area contributed by atoms with Crippen molar-refractivity contribution in [3.8, 4) is 0 Å². The Balaban J connectivity index is 2.02. The fourth-order valence-electron chi connectivity index (χ4n) is 2.06. The van der Waals surface area contributed by atoms with Gasteiger partial charge >= 0.3 is 0 Å². The highest BCUT2D eigenvalue weighted by molar-refractivity contribution is 5.79. The summed E-state index contributed by atoms with van der Waals surface area (Å²) in [5.74, 6) is -1.84. The minimum Gasteiger partial charge on any atom is -0.337 e. The Bertz CT molecular complexity index is 447. The Morgan fingerprint density at radius 1 is 1.39 bits per heavy atom. The maximum Gasteiger partial charge on any atom is 0.227 e. The molecule has 1 N–H and O–H groups in total. The molecule has 18 heavy (non-hydrogen) atoms. The van der Waals surface area contributed by atoms with Gasteiger partial charge in [0.15, 0.2) is 11.6 Å². The van der Waals surface area contributed by atoms with Gasteiger partial charge in [-0.25, -0.2) is 8.78 Å². The van der Waals surface area contributed by atoms with Crippen molar-refractivity contribution < 1.29 is 13.6 Å². The van der Waals surface area contributed by atoms with Crippen LogP contribution in [0.3, 0.4) is 0 Å². The molecule has 1 heterocycles. The number of likely N-dealkylation sites (N-methyl/N-ethyl adjacent to an activating group) is 1. The van der Waals surface area contributed by atoms with E-state index in [-0.39, 0.29) is 18.4 Å². The van der Waals surface area contributed by atoms with Gasteiger partial charge in [-0.1, -0.05) is 6.07 Å². The van der Waals surface area contributed by atoms with E-state index in [1.165, 1.54) is 6.07 Å². The summed E-state index contributed by atoms with van der Waals surface area (Å²) in [7, 11) is 0. The lowest BCUT2D eigenvalue weighted by atomic mass is 10.1. The van der Waals surface area contributed by atoms with Gasteiger partial charge in [0.1, 0.15) is 0 Å². The first-order valence-corrected chi connectivity index (χ1v) is 6.06. The second kappa shape index (κ2) is 5.44. The third kappa shape index (κ3) is 2.67. The first-order valence-electron chi connectivity index (χ1n) is 6.06. The minimum atomic E-state index is -0.909. The van der Waals surface area contributed by atoms with Crippen LogP contribution in [0.1, 0.15) is 12.5 Å². The number of amides is 1. The molecular weight excluding hydrogens is 238 g/mol.